The van der Waals surface area contributed by atoms with Crippen LogP contribution >= 0.6 is 11.6 Å². The maximum Gasteiger partial charge on any atom is 0.120 e. The van der Waals surface area contributed by atoms with Crippen LogP contribution in [0, 0.1) is 0 Å². The van der Waals surface area contributed by atoms with E-state index in [1.165, 1.54) is 0 Å². The number of rotatable bonds is 4. The quantitative estimate of drug-likeness (QED) is 0.802. The van der Waals surface area contributed by atoms with Crippen molar-refractivity contribution in [2.75, 3.05) is 20.8 Å². The fourth-order valence-electron chi connectivity index (χ4n) is 1.26. The number of methoxy groups -OCH3 is 1. The first kappa shape index (κ1) is 11.3. The number of ether oxygens (including phenoxy) is 1. The number of aliphatic hydroxyl groups excluding tert-OH is 1. The molecule has 0 saturated heterocycles. The number of likely N-dealkylation sites (N-methyl/N-ethyl adjacent to an activating group) is 1. The lowest BCUT2D eigenvalue weighted by molar-refractivity contribution is 0.251. The maximum atomic E-state index is 9.08. The topological polar surface area (TPSA) is 41.5 Å². The van der Waals surface area contributed by atoms with E-state index >= 15 is 0 Å². The summed E-state index contributed by atoms with van der Waals surface area (Å²) < 4.78 is 5.03. The lowest BCUT2D eigenvalue weighted by atomic mass is 10.1. The van der Waals surface area contributed by atoms with E-state index < -0.39 is 0 Å². The van der Waals surface area contributed by atoms with Gasteiger partial charge in [-0.1, -0.05) is 17.7 Å². The zero-order valence-corrected chi connectivity index (χ0v) is 9.01. The van der Waals surface area contributed by atoms with Crippen molar-refractivity contribution in [1.82, 2.24) is 5.32 Å². The van der Waals surface area contributed by atoms with Crippen LogP contribution in [0.25, 0.3) is 0 Å². The van der Waals surface area contributed by atoms with Gasteiger partial charge in [-0.05, 0) is 24.7 Å². The molecule has 0 aliphatic carbocycles. The molecule has 2 N–H and O–H groups in total. The van der Waals surface area contributed by atoms with E-state index in [9.17, 15) is 0 Å². The Morgan fingerprint density at radius 1 is 1.57 bits per heavy atom. The second kappa shape index (κ2) is 5.20. The van der Waals surface area contributed by atoms with Crippen molar-refractivity contribution in [3.63, 3.8) is 0 Å². The molecule has 0 bridgehead atoms. The number of hydrogen-bond donors (Lipinski definition) is 2. The first-order valence-corrected chi connectivity index (χ1v) is 4.72. The zero-order chi connectivity index (χ0) is 10.6. The molecule has 0 aliphatic rings. The largest absolute Gasteiger partial charge is 0.497 e. The SMILES string of the molecule is CN[C@H](CO)c1ccc(OC)cc1Cl. The fraction of sp³-hybridized carbons (Fsp3) is 0.400. The van der Waals surface area contributed by atoms with Gasteiger partial charge in [-0.25, -0.2) is 0 Å². The molecule has 0 heterocycles. The fourth-order valence-corrected chi connectivity index (χ4v) is 1.56. The molecule has 0 fully saturated rings. The zero-order valence-electron chi connectivity index (χ0n) is 8.25. The van der Waals surface area contributed by atoms with E-state index in [2.05, 4.69) is 5.32 Å². The Labute approximate surface area is 88.7 Å². The maximum absolute atomic E-state index is 9.08. The van der Waals surface area contributed by atoms with Gasteiger partial charge in [0, 0.05) is 5.02 Å². The van der Waals surface area contributed by atoms with E-state index in [-0.39, 0.29) is 12.6 Å². The molecule has 0 radical (unpaired) electrons. The highest BCUT2D eigenvalue weighted by Crippen LogP contribution is 2.26. The van der Waals surface area contributed by atoms with Crippen molar-refractivity contribution in [3.05, 3.63) is 28.8 Å². The van der Waals surface area contributed by atoms with Crippen LogP contribution in [-0.4, -0.2) is 25.9 Å². The molecule has 3 nitrogen and oxygen atoms in total. The van der Waals surface area contributed by atoms with Gasteiger partial charge < -0.3 is 15.2 Å². The summed E-state index contributed by atoms with van der Waals surface area (Å²) in [5, 5.41) is 12.6. The van der Waals surface area contributed by atoms with E-state index in [1.54, 1.807) is 20.2 Å². The molecule has 4 heteroatoms. The molecular formula is C10H14ClNO2. The normalized spacial score (nSPS) is 12.6. The highest BCUT2D eigenvalue weighted by Gasteiger charge is 2.11. The van der Waals surface area contributed by atoms with Crippen LogP contribution in [-0.2, 0) is 0 Å². The second-order valence-corrected chi connectivity index (χ2v) is 3.32. The Morgan fingerprint density at radius 2 is 2.29 bits per heavy atom. The molecule has 0 aromatic heterocycles. The summed E-state index contributed by atoms with van der Waals surface area (Å²) in [5.74, 6) is 0.714. The van der Waals surface area contributed by atoms with Crippen LogP contribution < -0.4 is 10.1 Å². The summed E-state index contributed by atoms with van der Waals surface area (Å²) in [6, 6.07) is 5.27. The first-order chi connectivity index (χ1) is 6.72. The molecule has 1 aromatic carbocycles. The van der Waals surface area contributed by atoms with E-state index in [0.717, 1.165) is 5.56 Å². The van der Waals surface area contributed by atoms with Gasteiger partial charge >= 0.3 is 0 Å². The summed E-state index contributed by atoms with van der Waals surface area (Å²) in [5.41, 5.74) is 0.873. The summed E-state index contributed by atoms with van der Waals surface area (Å²) in [6.07, 6.45) is 0. The van der Waals surface area contributed by atoms with Gasteiger partial charge in [0.25, 0.3) is 0 Å². The molecule has 0 aliphatic heterocycles. The Balaban J connectivity index is 2.98. The molecule has 1 aromatic rings. The standard InChI is InChI=1S/C10H14ClNO2/c1-12-10(6-13)8-4-3-7(14-2)5-9(8)11/h3-5,10,12-13H,6H2,1-2H3/t10-/m1/s1. The predicted molar refractivity (Wildman–Crippen MR) is 56.9 cm³/mol. The van der Waals surface area contributed by atoms with Crippen LogP contribution in [0.4, 0.5) is 0 Å². The van der Waals surface area contributed by atoms with Gasteiger partial charge in [-0.3, -0.25) is 0 Å². The minimum absolute atomic E-state index is 0.0164. The smallest absolute Gasteiger partial charge is 0.120 e. The molecule has 14 heavy (non-hydrogen) atoms. The predicted octanol–water partition coefficient (Wildman–Crippen LogP) is 1.60. The Bertz CT molecular complexity index is 300. The number of halogens is 1. The summed E-state index contributed by atoms with van der Waals surface area (Å²) in [4.78, 5) is 0. The molecule has 0 unspecified atom stereocenters. The third-order valence-corrected chi connectivity index (χ3v) is 2.44. The Morgan fingerprint density at radius 3 is 2.71 bits per heavy atom. The average molecular weight is 216 g/mol. The van der Waals surface area contributed by atoms with Crippen LogP contribution in [0.2, 0.25) is 5.02 Å². The lowest BCUT2D eigenvalue weighted by Crippen LogP contribution is -2.20. The lowest BCUT2D eigenvalue weighted by Gasteiger charge is -2.15. The number of hydrogen-bond acceptors (Lipinski definition) is 3. The molecule has 0 spiro atoms. The third-order valence-electron chi connectivity index (χ3n) is 2.11. The van der Waals surface area contributed by atoms with Crippen molar-refractivity contribution in [2.45, 2.75) is 6.04 Å². The number of aliphatic hydroxyl groups is 1. The second-order valence-electron chi connectivity index (χ2n) is 2.91. The van der Waals surface area contributed by atoms with Crippen molar-refractivity contribution in [3.8, 4) is 5.75 Å². The summed E-state index contributed by atoms with van der Waals surface area (Å²) >= 11 is 6.03. The third kappa shape index (κ3) is 2.38. The van der Waals surface area contributed by atoms with Crippen LogP contribution in [0.3, 0.4) is 0 Å². The highest BCUT2D eigenvalue weighted by atomic mass is 35.5. The molecular weight excluding hydrogens is 202 g/mol. The van der Waals surface area contributed by atoms with Crippen molar-refractivity contribution >= 4 is 11.6 Å². The van der Waals surface area contributed by atoms with Gasteiger partial charge in [-0.2, -0.15) is 0 Å². The molecule has 1 rings (SSSR count). The van der Waals surface area contributed by atoms with Crippen molar-refractivity contribution < 1.29 is 9.84 Å². The van der Waals surface area contributed by atoms with Crippen molar-refractivity contribution in [1.29, 1.82) is 0 Å². The van der Waals surface area contributed by atoms with Gasteiger partial charge in [0.2, 0.25) is 0 Å². The van der Waals surface area contributed by atoms with E-state index in [4.69, 9.17) is 21.4 Å². The summed E-state index contributed by atoms with van der Waals surface area (Å²) in [7, 11) is 3.37. The molecule has 0 amide bonds. The Kier molecular flexibility index (Phi) is 4.20. The van der Waals surface area contributed by atoms with Crippen LogP contribution in [0.15, 0.2) is 18.2 Å². The Hall–Kier alpha value is -0.770. The first-order valence-electron chi connectivity index (χ1n) is 4.34. The van der Waals surface area contributed by atoms with E-state index in [1.807, 2.05) is 12.1 Å². The van der Waals surface area contributed by atoms with Gasteiger partial charge in [0.15, 0.2) is 0 Å². The average Bonchev–Trinajstić information content (AvgIpc) is 2.22. The molecule has 1 atom stereocenters. The van der Waals surface area contributed by atoms with Crippen molar-refractivity contribution in [2.24, 2.45) is 0 Å². The van der Waals surface area contributed by atoms with Crippen LogP contribution in [0.5, 0.6) is 5.75 Å². The minimum Gasteiger partial charge on any atom is -0.497 e. The minimum atomic E-state index is -0.131. The molecule has 78 valence electrons. The number of nitrogens with one attached hydrogen (secondary N) is 1. The molecule has 0 saturated carbocycles. The van der Waals surface area contributed by atoms with E-state index in [0.29, 0.717) is 10.8 Å². The highest BCUT2D eigenvalue weighted by molar-refractivity contribution is 6.31. The van der Waals surface area contributed by atoms with Gasteiger partial charge in [-0.15, -0.1) is 0 Å². The van der Waals surface area contributed by atoms with Crippen LogP contribution in [0.1, 0.15) is 11.6 Å². The number of benzene rings is 1. The monoisotopic (exact) mass is 215 g/mol. The van der Waals surface area contributed by atoms with Gasteiger partial charge in [0.1, 0.15) is 5.75 Å². The summed E-state index contributed by atoms with van der Waals surface area (Å²) in [6.45, 7) is 0.0164. The van der Waals surface area contributed by atoms with Gasteiger partial charge in [0.05, 0.1) is 19.8 Å².